The first-order chi connectivity index (χ1) is 12.0. The molecule has 1 aromatic carbocycles. The molecule has 7 heteroatoms. The monoisotopic (exact) mass is 362 g/mol. The summed E-state index contributed by atoms with van der Waals surface area (Å²) in [5, 5.41) is 4.98. The van der Waals surface area contributed by atoms with Crippen LogP contribution in [0.1, 0.15) is 47.3 Å². The van der Waals surface area contributed by atoms with Crippen molar-refractivity contribution in [3.63, 3.8) is 0 Å². The van der Waals surface area contributed by atoms with Crippen LogP contribution in [0.5, 0.6) is 0 Å². The van der Waals surface area contributed by atoms with Crippen LogP contribution in [-0.2, 0) is 14.3 Å². The number of nitrogens with zero attached hydrogens (tertiary/aromatic N) is 2. The molecule has 1 aliphatic rings. The van der Waals surface area contributed by atoms with Crippen LogP contribution in [0.15, 0.2) is 24.4 Å². The van der Waals surface area contributed by atoms with Gasteiger partial charge in [0, 0.05) is 10.9 Å². The fraction of sp³-hybridized carbons (Fsp3) is 0.389. The Hall–Kier alpha value is -2.34. The lowest BCUT2D eigenvalue weighted by Gasteiger charge is -2.10. The lowest BCUT2D eigenvalue weighted by molar-refractivity contribution is -0.146. The number of ether oxygens (including phenoxy) is 2. The van der Waals surface area contributed by atoms with E-state index in [0.717, 1.165) is 29.8 Å². The van der Waals surface area contributed by atoms with Crippen LogP contribution in [0.4, 0.5) is 0 Å². The summed E-state index contributed by atoms with van der Waals surface area (Å²) >= 11 is 6.21. The Morgan fingerprint density at radius 2 is 2.08 bits per heavy atom. The second-order valence-electron chi connectivity index (χ2n) is 5.94. The van der Waals surface area contributed by atoms with E-state index in [9.17, 15) is 9.59 Å². The van der Waals surface area contributed by atoms with E-state index in [1.54, 1.807) is 11.6 Å². The maximum absolute atomic E-state index is 12.4. The van der Waals surface area contributed by atoms with Crippen molar-refractivity contribution in [2.75, 3.05) is 13.2 Å². The van der Waals surface area contributed by atoms with Gasteiger partial charge in [-0.1, -0.05) is 17.7 Å². The van der Waals surface area contributed by atoms with E-state index in [1.165, 1.54) is 6.20 Å². The summed E-state index contributed by atoms with van der Waals surface area (Å²) in [6.07, 6.45) is 3.46. The van der Waals surface area contributed by atoms with E-state index in [4.69, 9.17) is 21.1 Å². The van der Waals surface area contributed by atoms with Gasteiger partial charge in [-0.25, -0.2) is 14.3 Å². The average Bonchev–Trinajstić information content (AvgIpc) is 3.33. The molecule has 3 rings (SSSR count). The maximum Gasteiger partial charge on any atom is 0.344 e. The van der Waals surface area contributed by atoms with Gasteiger partial charge in [0.2, 0.25) is 0 Å². The van der Waals surface area contributed by atoms with Gasteiger partial charge < -0.3 is 9.47 Å². The van der Waals surface area contributed by atoms with Crippen LogP contribution >= 0.6 is 11.6 Å². The van der Waals surface area contributed by atoms with Crippen molar-refractivity contribution >= 4 is 23.5 Å². The molecule has 1 saturated carbocycles. The first kappa shape index (κ1) is 17.5. The Morgan fingerprint density at radius 3 is 2.72 bits per heavy atom. The Labute approximate surface area is 150 Å². The molecule has 1 aliphatic carbocycles. The summed E-state index contributed by atoms with van der Waals surface area (Å²) in [5.41, 5.74) is 2.94. The predicted octanol–water partition coefficient (Wildman–Crippen LogP) is 3.43. The van der Waals surface area contributed by atoms with Crippen molar-refractivity contribution in [1.82, 2.24) is 9.78 Å². The molecule has 0 amide bonds. The van der Waals surface area contributed by atoms with E-state index < -0.39 is 18.5 Å². The van der Waals surface area contributed by atoms with Crippen LogP contribution in [0.2, 0.25) is 5.02 Å². The Kier molecular flexibility index (Phi) is 5.08. The highest BCUT2D eigenvalue weighted by molar-refractivity contribution is 6.31. The Balaban J connectivity index is 1.86. The van der Waals surface area contributed by atoms with E-state index >= 15 is 0 Å². The molecule has 132 valence electrons. The normalized spacial score (nSPS) is 13.6. The van der Waals surface area contributed by atoms with E-state index in [0.29, 0.717) is 10.6 Å². The van der Waals surface area contributed by atoms with Gasteiger partial charge in [-0.05, 0) is 44.4 Å². The highest BCUT2D eigenvalue weighted by Gasteiger charge is 2.33. The summed E-state index contributed by atoms with van der Waals surface area (Å²) in [5.74, 6) is -0.881. The minimum absolute atomic E-state index is 0.246. The molecule has 0 N–H and O–H groups in total. The second-order valence-corrected chi connectivity index (χ2v) is 6.35. The molecular weight excluding hydrogens is 344 g/mol. The van der Waals surface area contributed by atoms with Gasteiger partial charge in [-0.3, -0.25) is 0 Å². The topological polar surface area (TPSA) is 70.4 Å². The minimum Gasteiger partial charge on any atom is -0.463 e. The summed E-state index contributed by atoms with van der Waals surface area (Å²) in [4.78, 5) is 23.7. The smallest absolute Gasteiger partial charge is 0.344 e. The summed E-state index contributed by atoms with van der Waals surface area (Å²) in [7, 11) is 0. The zero-order chi connectivity index (χ0) is 18.0. The van der Waals surface area contributed by atoms with Crippen molar-refractivity contribution < 1.29 is 19.1 Å². The van der Waals surface area contributed by atoms with Gasteiger partial charge in [0.15, 0.2) is 6.61 Å². The van der Waals surface area contributed by atoms with Gasteiger partial charge in [-0.2, -0.15) is 5.10 Å². The zero-order valence-corrected chi connectivity index (χ0v) is 14.9. The molecule has 0 bridgehead atoms. The first-order valence-corrected chi connectivity index (χ1v) is 8.56. The molecule has 1 heterocycles. The molecule has 1 fully saturated rings. The number of aromatic nitrogens is 2. The molecule has 1 aromatic heterocycles. The minimum atomic E-state index is -0.570. The second kappa shape index (κ2) is 7.27. The molecule has 2 aromatic rings. The van der Waals surface area contributed by atoms with Crippen molar-refractivity contribution in [3.05, 3.63) is 46.2 Å². The third-order valence-corrected chi connectivity index (χ3v) is 4.42. The molecular formula is C18H19ClN2O4. The van der Waals surface area contributed by atoms with Crippen LogP contribution in [0, 0.1) is 6.92 Å². The predicted molar refractivity (Wildman–Crippen MR) is 92.2 cm³/mol. The van der Waals surface area contributed by atoms with Gasteiger partial charge >= 0.3 is 11.9 Å². The summed E-state index contributed by atoms with van der Waals surface area (Å²) in [6, 6.07) is 5.64. The molecule has 0 spiro atoms. The molecule has 0 saturated heterocycles. The number of rotatable bonds is 6. The Morgan fingerprint density at radius 1 is 1.32 bits per heavy atom. The highest BCUT2D eigenvalue weighted by atomic mass is 35.5. The van der Waals surface area contributed by atoms with Crippen LogP contribution in [0.3, 0.4) is 0 Å². The number of aryl methyl sites for hydroxylation is 1. The average molecular weight is 363 g/mol. The van der Waals surface area contributed by atoms with Crippen molar-refractivity contribution in [2.24, 2.45) is 0 Å². The number of hydrogen-bond acceptors (Lipinski definition) is 5. The molecule has 0 radical (unpaired) electrons. The van der Waals surface area contributed by atoms with Gasteiger partial charge in [0.05, 0.1) is 24.2 Å². The fourth-order valence-corrected chi connectivity index (χ4v) is 2.76. The van der Waals surface area contributed by atoms with Gasteiger partial charge in [-0.15, -0.1) is 0 Å². The molecule has 25 heavy (non-hydrogen) atoms. The Bertz CT molecular complexity index is 811. The van der Waals surface area contributed by atoms with E-state index in [-0.39, 0.29) is 12.5 Å². The van der Waals surface area contributed by atoms with Crippen LogP contribution in [-0.4, -0.2) is 34.9 Å². The van der Waals surface area contributed by atoms with Crippen molar-refractivity contribution in [2.45, 2.75) is 32.6 Å². The number of carbonyl (C=O) groups excluding carboxylic acids is 2. The molecule has 6 nitrogen and oxygen atoms in total. The standard InChI is InChI=1S/C18H19ClN2O4/c1-3-24-16(22)10-25-18(23)14-9-20-21(17(14)12-5-6-12)13-7-4-11(2)15(19)8-13/h4,7-9,12H,3,5-6,10H2,1-2H3. The molecule has 0 aliphatic heterocycles. The molecule has 0 unspecified atom stereocenters. The third kappa shape index (κ3) is 3.85. The maximum atomic E-state index is 12.4. The lowest BCUT2D eigenvalue weighted by Crippen LogP contribution is -2.17. The zero-order valence-electron chi connectivity index (χ0n) is 14.1. The van der Waals surface area contributed by atoms with Crippen molar-refractivity contribution in [3.8, 4) is 5.69 Å². The largest absolute Gasteiger partial charge is 0.463 e. The number of carbonyl (C=O) groups is 2. The van der Waals surface area contributed by atoms with Crippen molar-refractivity contribution in [1.29, 1.82) is 0 Å². The van der Waals surface area contributed by atoms with Crippen LogP contribution < -0.4 is 0 Å². The third-order valence-electron chi connectivity index (χ3n) is 4.02. The van der Waals surface area contributed by atoms with Gasteiger partial charge in [0.25, 0.3) is 0 Å². The lowest BCUT2D eigenvalue weighted by atomic mass is 10.1. The summed E-state index contributed by atoms with van der Waals surface area (Å²) in [6.45, 7) is 3.46. The first-order valence-electron chi connectivity index (χ1n) is 8.18. The van der Waals surface area contributed by atoms with Gasteiger partial charge in [0.1, 0.15) is 5.56 Å². The van der Waals surface area contributed by atoms with Crippen LogP contribution in [0.25, 0.3) is 5.69 Å². The van der Waals surface area contributed by atoms with E-state index in [2.05, 4.69) is 5.10 Å². The highest BCUT2D eigenvalue weighted by Crippen LogP contribution is 2.42. The number of halogens is 1. The fourth-order valence-electron chi connectivity index (χ4n) is 2.59. The SMILES string of the molecule is CCOC(=O)COC(=O)c1cnn(-c2ccc(C)c(Cl)c2)c1C1CC1. The quantitative estimate of drug-likeness (QED) is 0.736. The summed E-state index contributed by atoms with van der Waals surface area (Å²) < 4.78 is 11.6. The molecule has 0 atom stereocenters. The van der Waals surface area contributed by atoms with E-state index in [1.807, 2.05) is 25.1 Å². The number of esters is 2. The number of benzene rings is 1. The number of hydrogen-bond donors (Lipinski definition) is 0.